The van der Waals surface area contributed by atoms with Crippen LogP contribution >= 0.6 is 11.3 Å². The predicted molar refractivity (Wildman–Crippen MR) is 110 cm³/mol. The molecule has 28 heavy (non-hydrogen) atoms. The minimum atomic E-state index is -0.422. The van der Waals surface area contributed by atoms with Crippen LogP contribution in [-0.2, 0) is 4.79 Å². The van der Waals surface area contributed by atoms with Crippen molar-refractivity contribution in [3.05, 3.63) is 35.3 Å². The Morgan fingerprint density at radius 1 is 1.39 bits per heavy atom. The summed E-state index contributed by atoms with van der Waals surface area (Å²) in [6.07, 6.45) is 2.36. The highest BCUT2D eigenvalue weighted by Crippen LogP contribution is 2.29. The molecule has 3 rings (SSSR count). The molecule has 0 spiro atoms. The zero-order valence-electron chi connectivity index (χ0n) is 16.4. The fourth-order valence-electron chi connectivity index (χ4n) is 3.16. The molecule has 1 fully saturated rings. The minimum absolute atomic E-state index is 0.0807. The van der Waals surface area contributed by atoms with E-state index in [0.717, 1.165) is 18.5 Å². The van der Waals surface area contributed by atoms with Gasteiger partial charge in [0.2, 0.25) is 5.91 Å². The van der Waals surface area contributed by atoms with Crippen LogP contribution < -0.4 is 15.4 Å². The molecule has 0 aliphatic carbocycles. The summed E-state index contributed by atoms with van der Waals surface area (Å²) in [4.78, 5) is 31.5. The van der Waals surface area contributed by atoms with Crippen molar-refractivity contribution in [2.75, 3.05) is 19.0 Å². The number of carbonyl (C=O) groups is 2. The number of aromatic nitrogens is 1. The summed E-state index contributed by atoms with van der Waals surface area (Å²) in [5.74, 6) is 0.417. The first kappa shape index (κ1) is 20.1. The highest BCUT2D eigenvalue weighted by Gasteiger charge is 2.35. The van der Waals surface area contributed by atoms with Gasteiger partial charge in [0, 0.05) is 18.0 Å². The van der Waals surface area contributed by atoms with E-state index >= 15 is 0 Å². The summed E-state index contributed by atoms with van der Waals surface area (Å²) in [6.45, 7) is 4.56. The van der Waals surface area contributed by atoms with Crippen molar-refractivity contribution in [3.8, 4) is 5.75 Å². The van der Waals surface area contributed by atoms with Gasteiger partial charge in [-0.15, -0.1) is 11.3 Å². The van der Waals surface area contributed by atoms with Gasteiger partial charge in [0.1, 0.15) is 17.5 Å². The molecule has 0 bridgehead atoms. The zero-order valence-corrected chi connectivity index (χ0v) is 17.2. The zero-order chi connectivity index (χ0) is 20.1. The molecule has 1 aliphatic rings. The van der Waals surface area contributed by atoms with Crippen LogP contribution in [0.5, 0.6) is 5.75 Å². The third-order valence-corrected chi connectivity index (χ3v) is 5.65. The van der Waals surface area contributed by atoms with Crippen LogP contribution in [-0.4, -0.2) is 47.4 Å². The molecule has 1 aliphatic heterocycles. The van der Waals surface area contributed by atoms with E-state index in [1.165, 1.54) is 11.3 Å². The van der Waals surface area contributed by atoms with Crippen molar-refractivity contribution in [1.82, 2.24) is 15.2 Å². The van der Waals surface area contributed by atoms with Gasteiger partial charge in [0.25, 0.3) is 5.91 Å². The van der Waals surface area contributed by atoms with Crippen LogP contribution in [0.1, 0.15) is 43.6 Å². The molecule has 8 heteroatoms. The van der Waals surface area contributed by atoms with E-state index in [9.17, 15) is 9.59 Å². The smallest absolute Gasteiger partial charge is 0.274 e. The quantitative estimate of drug-likeness (QED) is 0.741. The Morgan fingerprint density at radius 2 is 2.18 bits per heavy atom. The number of rotatable bonds is 7. The van der Waals surface area contributed by atoms with E-state index in [0.29, 0.717) is 29.5 Å². The summed E-state index contributed by atoms with van der Waals surface area (Å²) in [7, 11) is 1.61. The average molecular weight is 403 g/mol. The Morgan fingerprint density at radius 3 is 2.93 bits per heavy atom. The standard InChI is InChI=1S/C20H26N4O3S/c1-4-13(2)21-18(25)16-9-7-11-24(16)19(26)15-12-28-20(23-15)22-14-8-5-6-10-17(14)27-3/h5-6,8,10,12-13,16H,4,7,9,11H2,1-3H3,(H,21,25)(H,22,23). The van der Waals surface area contributed by atoms with Crippen LogP contribution in [0.15, 0.2) is 29.6 Å². The van der Waals surface area contributed by atoms with Gasteiger partial charge in [-0.25, -0.2) is 4.98 Å². The van der Waals surface area contributed by atoms with Crippen molar-refractivity contribution in [1.29, 1.82) is 0 Å². The molecule has 0 saturated carbocycles. The number of carbonyl (C=O) groups excluding carboxylic acids is 2. The number of thiazole rings is 1. The van der Waals surface area contributed by atoms with Crippen molar-refractivity contribution >= 4 is 34.0 Å². The number of likely N-dealkylation sites (tertiary alicyclic amines) is 1. The first-order valence-electron chi connectivity index (χ1n) is 9.50. The predicted octanol–water partition coefficient (Wildman–Crippen LogP) is 3.41. The molecule has 0 radical (unpaired) electrons. The molecule has 2 atom stereocenters. The SMILES string of the molecule is CCC(C)NC(=O)C1CCCN1C(=O)c1csc(Nc2ccccc2OC)n1. The van der Waals surface area contributed by atoms with E-state index < -0.39 is 6.04 Å². The van der Waals surface area contributed by atoms with Gasteiger partial charge in [-0.1, -0.05) is 19.1 Å². The molecule has 2 amide bonds. The lowest BCUT2D eigenvalue weighted by atomic mass is 10.1. The molecule has 1 aromatic heterocycles. The number of methoxy groups -OCH3 is 1. The van der Waals surface area contributed by atoms with Gasteiger partial charge in [0.15, 0.2) is 5.13 Å². The molecule has 2 N–H and O–H groups in total. The first-order chi connectivity index (χ1) is 13.5. The van der Waals surface area contributed by atoms with Crippen molar-refractivity contribution in [2.24, 2.45) is 0 Å². The highest BCUT2D eigenvalue weighted by molar-refractivity contribution is 7.14. The fraction of sp³-hybridized carbons (Fsp3) is 0.450. The fourth-order valence-corrected chi connectivity index (χ4v) is 3.86. The van der Waals surface area contributed by atoms with E-state index in [4.69, 9.17) is 4.74 Å². The lowest BCUT2D eigenvalue weighted by Gasteiger charge is -2.24. The maximum Gasteiger partial charge on any atom is 0.274 e. The number of benzene rings is 1. The van der Waals surface area contributed by atoms with Crippen LogP contribution in [0, 0.1) is 0 Å². The number of amides is 2. The number of para-hydroxylation sites is 2. The van der Waals surface area contributed by atoms with Gasteiger partial charge >= 0.3 is 0 Å². The highest BCUT2D eigenvalue weighted by atomic mass is 32.1. The number of anilines is 2. The number of nitrogens with one attached hydrogen (secondary N) is 2. The van der Waals surface area contributed by atoms with Gasteiger partial charge in [-0.05, 0) is 38.3 Å². The topological polar surface area (TPSA) is 83.6 Å². The lowest BCUT2D eigenvalue weighted by Crippen LogP contribution is -2.48. The van der Waals surface area contributed by atoms with Crippen LogP contribution in [0.4, 0.5) is 10.8 Å². The average Bonchev–Trinajstić information content (AvgIpc) is 3.37. The van der Waals surface area contributed by atoms with Gasteiger partial charge in [0.05, 0.1) is 12.8 Å². The largest absolute Gasteiger partial charge is 0.495 e. The summed E-state index contributed by atoms with van der Waals surface area (Å²) in [5.41, 5.74) is 1.14. The van der Waals surface area contributed by atoms with Crippen molar-refractivity contribution in [3.63, 3.8) is 0 Å². The van der Waals surface area contributed by atoms with Gasteiger partial charge in [-0.2, -0.15) is 0 Å². The summed E-state index contributed by atoms with van der Waals surface area (Å²) >= 11 is 1.35. The van der Waals surface area contributed by atoms with Crippen LogP contribution in [0.3, 0.4) is 0 Å². The van der Waals surface area contributed by atoms with Gasteiger partial charge in [-0.3, -0.25) is 9.59 Å². The summed E-state index contributed by atoms with van der Waals surface area (Å²) in [5, 5.41) is 8.50. The maximum atomic E-state index is 12.9. The Kier molecular flexibility index (Phi) is 6.51. The molecule has 7 nitrogen and oxygen atoms in total. The maximum absolute atomic E-state index is 12.9. The van der Waals surface area contributed by atoms with Crippen LogP contribution in [0.25, 0.3) is 0 Å². The minimum Gasteiger partial charge on any atom is -0.495 e. The number of hydrogen-bond acceptors (Lipinski definition) is 6. The van der Waals surface area contributed by atoms with E-state index in [2.05, 4.69) is 15.6 Å². The molecular weight excluding hydrogens is 376 g/mol. The van der Waals surface area contributed by atoms with E-state index in [1.807, 2.05) is 38.1 Å². The number of ether oxygens (including phenoxy) is 1. The Hall–Kier alpha value is -2.61. The first-order valence-corrected chi connectivity index (χ1v) is 10.4. The third kappa shape index (κ3) is 4.44. The Balaban J connectivity index is 1.70. The number of nitrogens with zero attached hydrogens (tertiary/aromatic N) is 2. The summed E-state index contributed by atoms with van der Waals surface area (Å²) < 4.78 is 5.33. The summed E-state index contributed by atoms with van der Waals surface area (Å²) in [6, 6.07) is 7.20. The second-order valence-electron chi connectivity index (χ2n) is 6.84. The number of hydrogen-bond donors (Lipinski definition) is 2. The molecule has 1 saturated heterocycles. The second kappa shape index (κ2) is 9.05. The normalized spacial score (nSPS) is 17.2. The van der Waals surface area contributed by atoms with E-state index in [1.54, 1.807) is 17.4 Å². The molecule has 2 heterocycles. The molecule has 2 aromatic rings. The van der Waals surface area contributed by atoms with Crippen molar-refractivity contribution < 1.29 is 14.3 Å². The molecular formula is C20H26N4O3S. The molecule has 1 aromatic carbocycles. The van der Waals surface area contributed by atoms with Crippen LogP contribution in [0.2, 0.25) is 0 Å². The third-order valence-electron chi connectivity index (χ3n) is 4.89. The molecule has 2 unspecified atom stereocenters. The Bertz CT molecular complexity index is 838. The van der Waals surface area contributed by atoms with E-state index in [-0.39, 0.29) is 17.9 Å². The van der Waals surface area contributed by atoms with Gasteiger partial charge < -0.3 is 20.3 Å². The second-order valence-corrected chi connectivity index (χ2v) is 7.70. The lowest BCUT2D eigenvalue weighted by molar-refractivity contribution is -0.125. The monoisotopic (exact) mass is 402 g/mol. The molecule has 150 valence electrons. The van der Waals surface area contributed by atoms with Crippen molar-refractivity contribution in [2.45, 2.75) is 45.2 Å². The Labute approximate surface area is 169 Å².